The molecule has 146 valence electrons. The van der Waals surface area contributed by atoms with Crippen molar-refractivity contribution in [1.29, 1.82) is 21.0 Å². The predicted octanol–water partition coefficient (Wildman–Crippen LogP) is 5.30. The highest BCUT2D eigenvalue weighted by molar-refractivity contribution is 6.05. The van der Waals surface area contributed by atoms with Crippen LogP contribution in [-0.2, 0) is 12.4 Å². The Morgan fingerprint density at radius 3 is 1.23 bits per heavy atom. The summed E-state index contributed by atoms with van der Waals surface area (Å²) in [5.41, 5.74) is -6.24. The zero-order valence-electron chi connectivity index (χ0n) is 14.4. The molecule has 0 unspecified atom stereocenters. The number of nitriles is 4. The van der Waals surface area contributed by atoms with Gasteiger partial charge in [0.1, 0.15) is 17.7 Å². The van der Waals surface area contributed by atoms with Crippen LogP contribution in [0.1, 0.15) is 33.4 Å². The number of halogens is 6. The third kappa shape index (κ3) is 3.02. The van der Waals surface area contributed by atoms with Crippen molar-refractivity contribution in [2.75, 3.05) is 0 Å². The molecule has 1 aliphatic carbocycles. The van der Waals surface area contributed by atoms with Crippen LogP contribution in [0.15, 0.2) is 29.8 Å². The van der Waals surface area contributed by atoms with Crippen LogP contribution in [0.3, 0.4) is 0 Å². The Balaban J connectivity index is 2.54. The fraction of sp³-hybridized carbons (Fsp3) is 0.100. The molecule has 0 radical (unpaired) electrons. The number of hydrogen-bond donors (Lipinski definition) is 0. The van der Waals surface area contributed by atoms with Gasteiger partial charge in [-0.25, -0.2) is 0 Å². The number of benzene rings is 2. The van der Waals surface area contributed by atoms with E-state index < -0.39 is 45.8 Å². The molecule has 10 heteroatoms. The van der Waals surface area contributed by atoms with Crippen LogP contribution in [0.4, 0.5) is 26.3 Å². The Morgan fingerprint density at radius 2 is 0.967 bits per heavy atom. The number of rotatable bonds is 0. The summed E-state index contributed by atoms with van der Waals surface area (Å²) in [6, 6.07) is 8.42. The molecule has 3 rings (SSSR count). The van der Waals surface area contributed by atoms with Gasteiger partial charge in [0.15, 0.2) is 0 Å². The van der Waals surface area contributed by atoms with Gasteiger partial charge in [0.25, 0.3) is 0 Å². The molecule has 0 fully saturated rings. The minimum absolute atomic E-state index is 0.0854. The number of alkyl halides is 6. The van der Waals surface area contributed by atoms with Gasteiger partial charge >= 0.3 is 12.4 Å². The fourth-order valence-corrected chi connectivity index (χ4v) is 3.26. The van der Waals surface area contributed by atoms with E-state index in [9.17, 15) is 36.9 Å². The van der Waals surface area contributed by atoms with Crippen molar-refractivity contribution in [3.8, 4) is 35.4 Å². The molecule has 0 saturated heterocycles. The lowest BCUT2D eigenvalue weighted by molar-refractivity contribution is -0.138. The van der Waals surface area contributed by atoms with E-state index >= 15 is 0 Å². The van der Waals surface area contributed by atoms with E-state index in [1.807, 2.05) is 0 Å². The van der Waals surface area contributed by atoms with E-state index in [0.717, 1.165) is 12.1 Å². The highest BCUT2D eigenvalue weighted by Crippen LogP contribution is 2.50. The Morgan fingerprint density at radius 1 is 0.600 bits per heavy atom. The minimum Gasteiger partial charge on any atom is -0.192 e. The maximum Gasteiger partial charge on any atom is 0.417 e. The molecule has 0 bridgehead atoms. The van der Waals surface area contributed by atoms with Crippen LogP contribution in [0.5, 0.6) is 0 Å². The van der Waals surface area contributed by atoms with Gasteiger partial charge in [-0.15, -0.1) is 0 Å². The molecule has 0 aliphatic heterocycles. The van der Waals surface area contributed by atoms with Gasteiger partial charge in [-0.2, -0.15) is 47.4 Å². The van der Waals surface area contributed by atoms with Gasteiger partial charge in [-0.1, -0.05) is 0 Å². The standard InChI is InChI=1S/C20H4F6N4/c21-19(22,23)16-3-14-12(1-9(16)5-27)13-2-10(6-28)17(20(24,25)26)4-15(13)18(14)11(7-29)8-30/h1-4H. The van der Waals surface area contributed by atoms with Gasteiger partial charge in [-0.3, -0.25) is 0 Å². The highest BCUT2D eigenvalue weighted by Gasteiger charge is 2.40. The third-order valence-electron chi connectivity index (χ3n) is 4.47. The van der Waals surface area contributed by atoms with Gasteiger partial charge in [0.2, 0.25) is 0 Å². The predicted molar refractivity (Wildman–Crippen MR) is 88.6 cm³/mol. The normalized spacial score (nSPS) is 12.1. The smallest absolute Gasteiger partial charge is 0.192 e. The van der Waals surface area contributed by atoms with E-state index in [0.29, 0.717) is 12.1 Å². The Hall–Kier alpha value is -4.28. The molecule has 0 amide bonds. The lowest BCUT2D eigenvalue weighted by Crippen LogP contribution is -2.08. The lowest BCUT2D eigenvalue weighted by atomic mass is 9.94. The average Bonchev–Trinajstić information content (AvgIpc) is 2.98. The van der Waals surface area contributed by atoms with E-state index in [2.05, 4.69) is 0 Å². The molecular weight excluding hydrogens is 410 g/mol. The molecule has 0 N–H and O–H groups in total. The number of fused-ring (bicyclic) bond motifs is 3. The largest absolute Gasteiger partial charge is 0.417 e. The van der Waals surface area contributed by atoms with E-state index in [-0.39, 0.29) is 22.3 Å². The number of nitrogens with zero attached hydrogens (tertiary/aromatic N) is 4. The summed E-state index contributed by atoms with van der Waals surface area (Å²) < 4.78 is 80.2. The Labute approximate surface area is 164 Å². The van der Waals surface area contributed by atoms with Crippen molar-refractivity contribution >= 4 is 5.57 Å². The summed E-state index contributed by atoms with van der Waals surface area (Å²) in [5, 5.41) is 36.7. The van der Waals surface area contributed by atoms with E-state index in [4.69, 9.17) is 10.5 Å². The van der Waals surface area contributed by atoms with Gasteiger partial charge < -0.3 is 0 Å². The second-order valence-corrected chi connectivity index (χ2v) is 6.08. The summed E-state index contributed by atoms with van der Waals surface area (Å²) in [6.07, 6.45) is -9.93. The molecular formula is C20H4F6N4. The van der Waals surface area contributed by atoms with Crippen LogP contribution < -0.4 is 0 Å². The lowest BCUT2D eigenvalue weighted by Gasteiger charge is -2.12. The maximum absolute atomic E-state index is 13.4. The maximum atomic E-state index is 13.4. The van der Waals surface area contributed by atoms with Crippen LogP contribution in [0, 0.1) is 45.3 Å². The molecule has 0 aromatic heterocycles. The first kappa shape index (κ1) is 20.5. The Kier molecular flexibility index (Phi) is 4.54. The first-order valence-corrected chi connectivity index (χ1v) is 7.84. The molecule has 1 aliphatic rings. The number of hydrogen-bond acceptors (Lipinski definition) is 4. The van der Waals surface area contributed by atoms with Gasteiger partial charge in [0.05, 0.1) is 34.4 Å². The first-order chi connectivity index (χ1) is 14.0. The summed E-state index contributed by atoms with van der Waals surface area (Å²) in [6.45, 7) is 0. The monoisotopic (exact) mass is 414 g/mol. The molecule has 0 heterocycles. The minimum atomic E-state index is -4.96. The van der Waals surface area contributed by atoms with Crippen molar-refractivity contribution in [1.82, 2.24) is 0 Å². The molecule has 0 spiro atoms. The van der Waals surface area contributed by atoms with Crippen LogP contribution >= 0.6 is 0 Å². The van der Waals surface area contributed by atoms with Gasteiger partial charge in [-0.05, 0) is 46.5 Å². The summed E-state index contributed by atoms with van der Waals surface area (Å²) in [5.74, 6) is 0. The summed E-state index contributed by atoms with van der Waals surface area (Å²) >= 11 is 0. The molecule has 30 heavy (non-hydrogen) atoms. The highest BCUT2D eigenvalue weighted by atomic mass is 19.4. The van der Waals surface area contributed by atoms with Gasteiger partial charge in [0, 0.05) is 5.57 Å². The SMILES string of the molecule is N#CC(C#N)=C1c2cc(C(F)(F)F)c(C#N)cc2-c2cc(C#N)c(C(F)(F)F)cc21. The Bertz CT molecular complexity index is 1200. The molecule has 4 nitrogen and oxygen atoms in total. The van der Waals surface area contributed by atoms with Crippen LogP contribution in [0.25, 0.3) is 16.7 Å². The average molecular weight is 414 g/mol. The van der Waals surface area contributed by atoms with Crippen molar-refractivity contribution in [3.63, 3.8) is 0 Å². The molecule has 2 aromatic carbocycles. The second-order valence-electron chi connectivity index (χ2n) is 6.08. The van der Waals surface area contributed by atoms with E-state index in [1.165, 1.54) is 24.3 Å². The summed E-state index contributed by atoms with van der Waals surface area (Å²) in [7, 11) is 0. The fourth-order valence-electron chi connectivity index (χ4n) is 3.26. The zero-order valence-corrected chi connectivity index (χ0v) is 14.4. The zero-order chi connectivity index (χ0) is 22.4. The second kappa shape index (κ2) is 6.65. The van der Waals surface area contributed by atoms with Crippen molar-refractivity contribution in [2.45, 2.75) is 12.4 Å². The van der Waals surface area contributed by atoms with Crippen LogP contribution in [0.2, 0.25) is 0 Å². The molecule has 2 aromatic rings. The number of allylic oxidation sites excluding steroid dienone is 1. The van der Waals surface area contributed by atoms with Crippen molar-refractivity contribution < 1.29 is 26.3 Å². The molecule has 0 saturated carbocycles. The third-order valence-corrected chi connectivity index (χ3v) is 4.47. The first-order valence-electron chi connectivity index (χ1n) is 7.84. The summed E-state index contributed by atoms with van der Waals surface area (Å²) in [4.78, 5) is 0. The quantitative estimate of drug-likeness (QED) is 0.369. The van der Waals surface area contributed by atoms with Crippen molar-refractivity contribution in [2.24, 2.45) is 0 Å². The van der Waals surface area contributed by atoms with E-state index in [1.54, 1.807) is 0 Å². The van der Waals surface area contributed by atoms with Crippen molar-refractivity contribution in [3.05, 3.63) is 63.2 Å². The van der Waals surface area contributed by atoms with Crippen LogP contribution in [-0.4, -0.2) is 0 Å². The molecule has 0 atom stereocenters. The topological polar surface area (TPSA) is 95.2 Å².